The summed E-state index contributed by atoms with van der Waals surface area (Å²) in [5, 5.41) is 11.2. The number of para-hydroxylation sites is 2. The van der Waals surface area contributed by atoms with E-state index < -0.39 is 6.10 Å². The van der Waals surface area contributed by atoms with E-state index in [9.17, 15) is 5.11 Å². The van der Waals surface area contributed by atoms with Crippen LogP contribution in [0, 0.1) is 0 Å². The number of piperidine rings is 1. The molecule has 5 heteroatoms. The van der Waals surface area contributed by atoms with Crippen molar-refractivity contribution in [3.63, 3.8) is 0 Å². The average Bonchev–Trinajstić information content (AvgIpc) is 2.68. The van der Waals surface area contributed by atoms with Gasteiger partial charge in [0.25, 0.3) is 0 Å². The molecule has 0 spiro atoms. The van der Waals surface area contributed by atoms with Crippen LogP contribution in [0.3, 0.4) is 0 Å². The maximum absolute atomic E-state index is 11.2. The molecular formula is C21H24N4O. The van der Waals surface area contributed by atoms with E-state index in [1.165, 1.54) is 0 Å². The summed E-state index contributed by atoms with van der Waals surface area (Å²) in [5.74, 6) is 0.822. The Labute approximate surface area is 153 Å². The topological polar surface area (TPSA) is 52.5 Å². The third kappa shape index (κ3) is 2.73. The first-order valence-corrected chi connectivity index (χ1v) is 8.99. The molecule has 0 saturated carbocycles. The van der Waals surface area contributed by atoms with Gasteiger partial charge in [0.2, 0.25) is 0 Å². The average molecular weight is 348 g/mol. The van der Waals surface area contributed by atoms with Crippen LogP contribution in [0.5, 0.6) is 0 Å². The zero-order valence-corrected chi connectivity index (χ0v) is 15.2. The van der Waals surface area contributed by atoms with E-state index in [2.05, 4.69) is 26.9 Å². The Morgan fingerprint density at radius 3 is 2.42 bits per heavy atom. The van der Waals surface area contributed by atoms with Crippen LogP contribution in [0.2, 0.25) is 0 Å². The van der Waals surface area contributed by atoms with Crippen LogP contribution in [0.15, 0.2) is 60.8 Å². The van der Waals surface area contributed by atoms with Crippen molar-refractivity contribution in [3.8, 4) is 0 Å². The molecule has 1 aliphatic rings. The summed E-state index contributed by atoms with van der Waals surface area (Å²) in [6, 6.07) is 18.2. The zero-order chi connectivity index (χ0) is 18.1. The van der Waals surface area contributed by atoms with Crippen LogP contribution in [-0.2, 0) is 5.54 Å². The lowest BCUT2D eigenvalue weighted by atomic mass is 9.77. The first kappa shape index (κ1) is 16.9. The molecule has 5 nitrogen and oxygen atoms in total. The number of β-amino-alcohol motifs (C(OH)–C–C–N with tert-alkyl or cyclic N) is 1. The fourth-order valence-electron chi connectivity index (χ4n) is 4.07. The Hall–Kier alpha value is -2.50. The van der Waals surface area contributed by atoms with Crippen molar-refractivity contribution in [2.75, 3.05) is 32.1 Å². The second-order valence-electron chi connectivity index (χ2n) is 7.11. The number of anilines is 1. The quantitative estimate of drug-likeness (QED) is 0.789. The molecular weight excluding hydrogens is 324 g/mol. The molecule has 4 rings (SSSR count). The second-order valence-corrected chi connectivity index (χ2v) is 7.11. The van der Waals surface area contributed by atoms with Gasteiger partial charge >= 0.3 is 0 Å². The van der Waals surface area contributed by atoms with Crippen LogP contribution in [0.25, 0.3) is 11.0 Å². The monoisotopic (exact) mass is 348 g/mol. The van der Waals surface area contributed by atoms with Crippen molar-refractivity contribution < 1.29 is 5.11 Å². The lowest BCUT2D eigenvalue weighted by Crippen LogP contribution is -2.60. The molecule has 1 N–H and O–H groups in total. The Bertz CT molecular complexity index is 899. The summed E-state index contributed by atoms with van der Waals surface area (Å²) in [4.78, 5) is 13.5. The summed E-state index contributed by atoms with van der Waals surface area (Å²) in [6.45, 7) is 1.34. The molecule has 0 radical (unpaired) electrons. The van der Waals surface area contributed by atoms with E-state index in [0.29, 0.717) is 6.54 Å². The summed E-state index contributed by atoms with van der Waals surface area (Å²) >= 11 is 0. The van der Waals surface area contributed by atoms with Gasteiger partial charge in [0.15, 0.2) is 0 Å². The number of likely N-dealkylation sites (N-methyl/N-ethyl adjacent to an activating group) is 1. The van der Waals surface area contributed by atoms with Crippen LogP contribution < -0.4 is 4.90 Å². The Morgan fingerprint density at radius 1 is 1.04 bits per heavy atom. The van der Waals surface area contributed by atoms with Gasteiger partial charge in [-0.25, -0.2) is 4.98 Å². The highest BCUT2D eigenvalue weighted by Crippen LogP contribution is 2.38. The van der Waals surface area contributed by atoms with Gasteiger partial charge < -0.3 is 10.0 Å². The van der Waals surface area contributed by atoms with E-state index in [-0.39, 0.29) is 5.54 Å². The number of rotatable bonds is 3. The van der Waals surface area contributed by atoms with Crippen LogP contribution >= 0.6 is 0 Å². The fraction of sp³-hybridized carbons (Fsp3) is 0.333. The number of fused-ring (bicyclic) bond motifs is 1. The standard InChI is InChI=1S/C21H24N4O/c1-24(2)21(16-8-4-3-5-9-16)12-13-25(15-19(21)26)20-14-22-17-10-6-7-11-18(17)23-20/h3-11,14,19,26H,12-13,15H2,1-2H3/t19-,21+/m1/s1. The molecule has 1 aliphatic heterocycles. The fourth-order valence-corrected chi connectivity index (χ4v) is 4.07. The highest BCUT2D eigenvalue weighted by molar-refractivity contribution is 5.75. The van der Waals surface area contributed by atoms with Gasteiger partial charge in [-0.05, 0) is 38.2 Å². The highest BCUT2D eigenvalue weighted by Gasteiger charge is 2.45. The lowest BCUT2D eigenvalue weighted by molar-refractivity contribution is -0.0246. The molecule has 3 aromatic rings. The number of nitrogens with zero attached hydrogens (tertiary/aromatic N) is 4. The third-order valence-corrected chi connectivity index (χ3v) is 5.54. The van der Waals surface area contributed by atoms with Crippen molar-refractivity contribution >= 4 is 16.9 Å². The largest absolute Gasteiger partial charge is 0.389 e. The molecule has 134 valence electrons. The van der Waals surface area contributed by atoms with Gasteiger partial charge in [-0.15, -0.1) is 0 Å². The molecule has 2 heterocycles. The van der Waals surface area contributed by atoms with E-state index in [0.717, 1.165) is 35.4 Å². The van der Waals surface area contributed by atoms with Crippen molar-refractivity contribution in [2.24, 2.45) is 0 Å². The normalized spacial score (nSPS) is 23.5. The van der Waals surface area contributed by atoms with Gasteiger partial charge in [-0.3, -0.25) is 9.88 Å². The summed E-state index contributed by atoms with van der Waals surface area (Å²) in [5.41, 5.74) is 2.54. The molecule has 0 amide bonds. The zero-order valence-electron chi connectivity index (χ0n) is 15.2. The minimum absolute atomic E-state index is 0.387. The Kier molecular flexibility index (Phi) is 4.34. The summed E-state index contributed by atoms with van der Waals surface area (Å²) in [6.07, 6.45) is 2.10. The van der Waals surface area contributed by atoms with Crippen LogP contribution in [-0.4, -0.2) is 53.3 Å². The van der Waals surface area contributed by atoms with Gasteiger partial charge in [0, 0.05) is 13.1 Å². The third-order valence-electron chi connectivity index (χ3n) is 5.54. The Morgan fingerprint density at radius 2 is 1.73 bits per heavy atom. The maximum atomic E-state index is 11.2. The van der Waals surface area contributed by atoms with Gasteiger partial charge in [-0.2, -0.15) is 0 Å². The van der Waals surface area contributed by atoms with Crippen molar-refractivity contribution in [2.45, 2.75) is 18.1 Å². The van der Waals surface area contributed by atoms with Gasteiger partial charge in [0.05, 0.1) is 28.9 Å². The lowest BCUT2D eigenvalue weighted by Gasteiger charge is -2.50. The molecule has 2 aromatic carbocycles. The van der Waals surface area contributed by atoms with Crippen LogP contribution in [0.1, 0.15) is 12.0 Å². The van der Waals surface area contributed by atoms with Crippen LogP contribution in [0.4, 0.5) is 5.82 Å². The first-order valence-electron chi connectivity index (χ1n) is 8.99. The molecule has 0 unspecified atom stereocenters. The molecule has 0 aliphatic carbocycles. The second kappa shape index (κ2) is 6.67. The van der Waals surface area contributed by atoms with E-state index in [1.54, 1.807) is 6.20 Å². The maximum Gasteiger partial charge on any atom is 0.147 e. The minimum atomic E-state index is -0.526. The number of benzene rings is 2. The molecule has 1 fully saturated rings. The number of aliphatic hydroxyl groups is 1. The van der Waals surface area contributed by atoms with E-state index >= 15 is 0 Å². The molecule has 1 saturated heterocycles. The van der Waals surface area contributed by atoms with Gasteiger partial charge in [0.1, 0.15) is 5.82 Å². The first-order chi connectivity index (χ1) is 12.6. The molecule has 1 aromatic heterocycles. The number of hydrogen-bond acceptors (Lipinski definition) is 5. The smallest absolute Gasteiger partial charge is 0.147 e. The molecule has 2 atom stereocenters. The predicted molar refractivity (Wildman–Crippen MR) is 104 cm³/mol. The number of aromatic nitrogens is 2. The van der Waals surface area contributed by atoms with E-state index in [4.69, 9.17) is 4.98 Å². The van der Waals surface area contributed by atoms with E-state index in [1.807, 2.05) is 56.6 Å². The number of aliphatic hydroxyl groups excluding tert-OH is 1. The van der Waals surface area contributed by atoms with Crippen molar-refractivity contribution in [1.82, 2.24) is 14.9 Å². The number of hydrogen-bond donors (Lipinski definition) is 1. The summed E-state index contributed by atoms with van der Waals surface area (Å²) < 4.78 is 0. The SMILES string of the molecule is CN(C)[C@]1(c2ccccc2)CCN(c2cnc3ccccc3n2)C[C@H]1O. The summed E-state index contributed by atoms with van der Waals surface area (Å²) in [7, 11) is 4.09. The predicted octanol–water partition coefficient (Wildman–Crippen LogP) is 2.66. The Balaban J connectivity index is 1.64. The van der Waals surface area contributed by atoms with Crippen molar-refractivity contribution in [1.29, 1.82) is 0 Å². The molecule has 26 heavy (non-hydrogen) atoms. The molecule has 0 bridgehead atoms. The van der Waals surface area contributed by atoms with Gasteiger partial charge in [-0.1, -0.05) is 42.5 Å². The van der Waals surface area contributed by atoms with Crippen molar-refractivity contribution in [3.05, 3.63) is 66.4 Å². The minimum Gasteiger partial charge on any atom is -0.389 e. The highest BCUT2D eigenvalue weighted by atomic mass is 16.3.